The summed E-state index contributed by atoms with van der Waals surface area (Å²) >= 11 is 0. The van der Waals surface area contributed by atoms with Crippen molar-refractivity contribution in [3.8, 4) is 0 Å². The lowest BCUT2D eigenvalue weighted by Gasteiger charge is -2.36. The molecule has 2 N–H and O–H groups in total. The van der Waals surface area contributed by atoms with Crippen LogP contribution in [0.15, 0.2) is 54.7 Å². The Balaban J connectivity index is 1.29. The minimum atomic E-state index is -4.65. The Morgan fingerprint density at radius 1 is 0.902 bits per heavy atom. The van der Waals surface area contributed by atoms with Crippen LogP contribution in [0.1, 0.15) is 22.8 Å². The largest absolute Gasteiger partial charge is 0.421 e. The summed E-state index contributed by atoms with van der Waals surface area (Å²) in [5, 5.41) is 5.87. The van der Waals surface area contributed by atoms with Crippen LogP contribution in [0, 0.1) is 0 Å². The zero-order chi connectivity index (χ0) is 29.0. The standard InChI is InChI=1S/C28H30F3N7O3/c1-19(39)20-6-8-21(9-7-20)33-27(40)38-12-10-37(11-13-38)25-22(28(29,30)31)18-32-26(35-25)34-23-4-2-3-5-24(23)36-14-16-41-17-15-36/h2-9,18H,10-17H2,1H3,(H,33,40)(H,32,34,35). The monoisotopic (exact) mass is 569 g/mol. The van der Waals surface area contributed by atoms with Crippen molar-refractivity contribution in [2.45, 2.75) is 13.1 Å². The average molecular weight is 570 g/mol. The maximum Gasteiger partial charge on any atom is 0.421 e. The van der Waals surface area contributed by atoms with E-state index < -0.39 is 11.7 Å². The highest BCUT2D eigenvalue weighted by Crippen LogP contribution is 2.37. The third kappa shape index (κ3) is 6.68. The van der Waals surface area contributed by atoms with Crippen LogP contribution in [0.5, 0.6) is 0 Å². The van der Waals surface area contributed by atoms with Gasteiger partial charge in [-0.2, -0.15) is 18.2 Å². The van der Waals surface area contributed by atoms with Crippen molar-refractivity contribution in [3.05, 3.63) is 65.9 Å². The molecule has 13 heteroatoms. The number of urea groups is 1. The van der Waals surface area contributed by atoms with Crippen LogP contribution >= 0.6 is 0 Å². The number of carbonyl (C=O) groups excluding carboxylic acids is 2. The lowest BCUT2D eigenvalue weighted by molar-refractivity contribution is -0.137. The maximum absolute atomic E-state index is 14.0. The lowest BCUT2D eigenvalue weighted by Crippen LogP contribution is -2.50. The Morgan fingerprint density at radius 3 is 2.24 bits per heavy atom. The molecule has 2 aliphatic heterocycles. The zero-order valence-electron chi connectivity index (χ0n) is 22.4. The summed E-state index contributed by atoms with van der Waals surface area (Å²) in [4.78, 5) is 37.7. The number of halogens is 3. The van der Waals surface area contributed by atoms with E-state index in [1.165, 1.54) is 16.7 Å². The Bertz CT molecular complexity index is 1390. The summed E-state index contributed by atoms with van der Waals surface area (Å²) in [7, 11) is 0. The molecular weight excluding hydrogens is 539 g/mol. The number of Topliss-reactive ketones (excluding diaryl/α,β-unsaturated/α-hetero) is 1. The van der Waals surface area contributed by atoms with Crippen molar-refractivity contribution < 1.29 is 27.5 Å². The van der Waals surface area contributed by atoms with Crippen LogP contribution in [0.3, 0.4) is 0 Å². The number of anilines is 5. The van der Waals surface area contributed by atoms with E-state index in [-0.39, 0.29) is 49.8 Å². The Morgan fingerprint density at radius 2 is 1.59 bits per heavy atom. The highest BCUT2D eigenvalue weighted by molar-refractivity contribution is 5.95. The van der Waals surface area contributed by atoms with E-state index in [0.717, 1.165) is 11.9 Å². The van der Waals surface area contributed by atoms with Gasteiger partial charge in [0.1, 0.15) is 11.4 Å². The molecule has 2 aromatic carbocycles. The fraction of sp³-hybridized carbons (Fsp3) is 0.357. The molecule has 5 rings (SSSR count). The van der Waals surface area contributed by atoms with Crippen molar-refractivity contribution >= 4 is 40.6 Å². The second kappa shape index (κ2) is 12.0. The van der Waals surface area contributed by atoms with Gasteiger partial charge in [-0.1, -0.05) is 12.1 Å². The van der Waals surface area contributed by atoms with Crippen LogP contribution < -0.4 is 20.4 Å². The molecular formula is C28H30F3N7O3. The van der Waals surface area contributed by atoms with Gasteiger partial charge in [0.15, 0.2) is 5.78 Å². The number of amides is 2. The predicted molar refractivity (Wildman–Crippen MR) is 149 cm³/mol. The van der Waals surface area contributed by atoms with Crippen molar-refractivity contribution in [1.82, 2.24) is 14.9 Å². The summed E-state index contributed by atoms with van der Waals surface area (Å²) < 4.78 is 47.3. The second-order valence-corrected chi connectivity index (χ2v) is 9.71. The smallest absolute Gasteiger partial charge is 0.378 e. The molecule has 2 fully saturated rings. The van der Waals surface area contributed by atoms with Gasteiger partial charge in [-0.05, 0) is 43.3 Å². The Labute approximate surface area is 235 Å². The van der Waals surface area contributed by atoms with Gasteiger partial charge in [0, 0.05) is 56.7 Å². The number of hydrogen-bond donors (Lipinski definition) is 2. The molecule has 0 spiro atoms. The van der Waals surface area contributed by atoms with E-state index in [1.54, 1.807) is 24.3 Å². The number of rotatable bonds is 6. The summed E-state index contributed by atoms with van der Waals surface area (Å²) in [6, 6.07) is 13.6. The van der Waals surface area contributed by atoms with Gasteiger partial charge in [-0.25, -0.2) is 9.78 Å². The summed E-state index contributed by atoms with van der Waals surface area (Å²) in [6.45, 7) is 4.72. The third-order valence-corrected chi connectivity index (χ3v) is 6.99. The Kier molecular flexibility index (Phi) is 8.24. The van der Waals surface area contributed by atoms with Crippen molar-refractivity contribution in [3.63, 3.8) is 0 Å². The number of ether oxygens (including phenoxy) is 1. The van der Waals surface area contributed by atoms with Crippen LogP contribution in [-0.2, 0) is 10.9 Å². The van der Waals surface area contributed by atoms with Crippen LogP contribution in [0.4, 0.5) is 46.8 Å². The highest BCUT2D eigenvalue weighted by atomic mass is 19.4. The lowest BCUT2D eigenvalue weighted by atomic mass is 10.1. The zero-order valence-corrected chi connectivity index (χ0v) is 22.4. The molecule has 3 aromatic rings. The van der Waals surface area contributed by atoms with Gasteiger partial charge in [-0.15, -0.1) is 0 Å². The molecule has 0 atom stereocenters. The van der Waals surface area contributed by atoms with Crippen LogP contribution in [0.2, 0.25) is 0 Å². The van der Waals surface area contributed by atoms with E-state index >= 15 is 0 Å². The van der Waals surface area contributed by atoms with E-state index in [9.17, 15) is 22.8 Å². The minimum Gasteiger partial charge on any atom is -0.378 e. The molecule has 0 bridgehead atoms. The van der Waals surface area contributed by atoms with Crippen LogP contribution in [0.25, 0.3) is 0 Å². The molecule has 0 radical (unpaired) electrons. The number of ketones is 1. The van der Waals surface area contributed by atoms with Crippen molar-refractivity contribution in [2.75, 3.05) is 72.9 Å². The first-order valence-electron chi connectivity index (χ1n) is 13.2. The SMILES string of the molecule is CC(=O)c1ccc(NC(=O)N2CCN(c3nc(Nc4ccccc4N4CCOCC4)ncc3C(F)(F)F)CC2)cc1. The minimum absolute atomic E-state index is 0.0443. The molecule has 0 saturated carbocycles. The van der Waals surface area contributed by atoms with Gasteiger partial charge < -0.3 is 30.1 Å². The molecule has 41 heavy (non-hydrogen) atoms. The first-order valence-corrected chi connectivity index (χ1v) is 13.2. The molecule has 2 saturated heterocycles. The number of nitrogens with one attached hydrogen (secondary N) is 2. The normalized spacial score (nSPS) is 16.0. The van der Waals surface area contributed by atoms with Gasteiger partial charge in [0.05, 0.1) is 24.6 Å². The predicted octanol–water partition coefficient (Wildman–Crippen LogP) is 4.63. The first-order chi connectivity index (χ1) is 19.7. The fourth-order valence-corrected chi connectivity index (χ4v) is 4.77. The first kappa shape index (κ1) is 28.1. The van der Waals surface area contributed by atoms with Gasteiger partial charge >= 0.3 is 12.2 Å². The molecule has 10 nitrogen and oxygen atoms in total. The number of aromatic nitrogens is 2. The van der Waals surface area contributed by atoms with Crippen molar-refractivity contribution in [2.24, 2.45) is 0 Å². The molecule has 1 aromatic heterocycles. The Hall–Kier alpha value is -4.39. The number of morpholine rings is 1. The van der Waals surface area contributed by atoms with E-state index in [4.69, 9.17) is 4.74 Å². The summed E-state index contributed by atoms with van der Waals surface area (Å²) in [6.07, 6.45) is -3.86. The molecule has 2 aliphatic rings. The number of para-hydroxylation sites is 2. The number of piperazine rings is 1. The van der Waals surface area contributed by atoms with E-state index in [2.05, 4.69) is 25.5 Å². The maximum atomic E-state index is 14.0. The van der Waals surface area contributed by atoms with E-state index in [0.29, 0.717) is 43.2 Å². The number of hydrogen-bond acceptors (Lipinski definition) is 8. The molecule has 0 aliphatic carbocycles. The number of nitrogens with zero attached hydrogens (tertiary/aromatic N) is 5. The molecule has 3 heterocycles. The fourth-order valence-electron chi connectivity index (χ4n) is 4.77. The number of benzene rings is 2. The average Bonchev–Trinajstić information content (AvgIpc) is 2.97. The van der Waals surface area contributed by atoms with Gasteiger partial charge in [0.2, 0.25) is 5.95 Å². The topological polar surface area (TPSA) is 103 Å². The molecule has 2 amide bonds. The van der Waals surface area contributed by atoms with Gasteiger partial charge in [0.25, 0.3) is 0 Å². The quantitative estimate of drug-likeness (QED) is 0.415. The number of alkyl halides is 3. The van der Waals surface area contributed by atoms with Gasteiger partial charge in [-0.3, -0.25) is 4.79 Å². The van der Waals surface area contributed by atoms with E-state index in [1.807, 2.05) is 24.3 Å². The second-order valence-electron chi connectivity index (χ2n) is 9.71. The van der Waals surface area contributed by atoms with Crippen LogP contribution in [-0.4, -0.2) is 79.2 Å². The molecule has 216 valence electrons. The highest BCUT2D eigenvalue weighted by Gasteiger charge is 2.38. The number of carbonyl (C=O) groups is 2. The van der Waals surface area contributed by atoms with Crippen molar-refractivity contribution in [1.29, 1.82) is 0 Å². The molecule has 0 unspecified atom stereocenters. The third-order valence-electron chi connectivity index (χ3n) is 6.99. The summed E-state index contributed by atoms with van der Waals surface area (Å²) in [5.41, 5.74) is 1.67. The summed E-state index contributed by atoms with van der Waals surface area (Å²) in [5.74, 6) is -0.275.